The molecule has 2 nitrogen and oxygen atoms in total. The van der Waals surface area contributed by atoms with Crippen molar-refractivity contribution < 1.29 is 4.42 Å². The summed E-state index contributed by atoms with van der Waals surface area (Å²) in [7, 11) is 0. The van der Waals surface area contributed by atoms with E-state index in [-0.39, 0.29) is 5.63 Å². The van der Waals surface area contributed by atoms with E-state index in [1.54, 1.807) is 12.1 Å². The van der Waals surface area contributed by atoms with Crippen LogP contribution >= 0.6 is 11.6 Å². The number of rotatable bonds is 1. The van der Waals surface area contributed by atoms with Gasteiger partial charge >= 0.3 is 5.63 Å². The van der Waals surface area contributed by atoms with Gasteiger partial charge in [0.2, 0.25) is 0 Å². The van der Waals surface area contributed by atoms with Crippen LogP contribution in [0.1, 0.15) is 5.56 Å². The van der Waals surface area contributed by atoms with Gasteiger partial charge < -0.3 is 4.42 Å². The number of fused-ring (bicyclic) bond motifs is 1. The maximum absolute atomic E-state index is 11.6. The molecule has 19 heavy (non-hydrogen) atoms. The first-order valence-electron chi connectivity index (χ1n) is 5.94. The Labute approximate surface area is 115 Å². The molecule has 0 spiro atoms. The predicted molar refractivity (Wildman–Crippen MR) is 77.7 cm³/mol. The monoisotopic (exact) mass is 270 g/mol. The van der Waals surface area contributed by atoms with E-state index in [9.17, 15) is 4.79 Å². The molecule has 0 bridgehead atoms. The molecule has 1 heterocycles. The van der Waals surface area contributed by atoms with Crippen LogP contribution in [0.15, 0.2) is 57.7 Å². The van der Waals surface area contributed by atoms with E-state index in [0.29, 0.717) is 10.6 Å². The van der Waals surface area contributed by atoms with Crippen molar-refractivity contribution in [3.05, 3.63) is 69.5 Å². The van der Waals surface area contributed by atoms with Crippen LogP contribution in [-0.4, -0.2) is 0 Å². The molecule has 94 valence electrons. The van der Waals surface area contributed by atoms with Crippen LogP contribution in [0.2, 0.25) is 5.02 Å². The van der Waals surface area contributed by atoms with E-state index < -0.39 is 0 Å². The van der Waals surface area contributed by atoms with Gasteiger partial charge in [-0.3, -0.25) is 0 Å². The number of halogens is 1. The fourth-order valence-corrected chi connectivity index (χ4v) is 2.27. The molecular formula is C16H11ClO2. The molecule has 0 unspecified atom stereocenters. The zero-order valence-corrected chi connectivity index (χ0v) is 11.1. The molecule has 1 aromatic heterocycles. The maximum atomic E-state index is 11.6. The van der Waals surface area contributed by atoms with Crippen molar-refractivity contribution >= 4 is 22.6 Å². The Kier molecular flexibility index (Phi) is 2.88. The van der Waals surface area contributed by atoms with Crippen LogP contribution in [0.5, 0.6) is 0 Å². The lowest BCUT2D eigenvalue weighted by molar-refractivity contribution is 0.561. The summed E-state index contributed by atoms with van der Waals surface area (Å²) in [6, 6.07) is 14.9. The molecule has 0 aliphatic heterocycles. The predicted octanol–water partition coefficient (Wildman–Crippen LogP) is 4.42. The van der Waals surface area contributed by atoms with Crippen molar-refractivity contribution in [2.24, 2.45) is 0 Å². The highest BCUT2D eigenvalue weighted by atomic mass is 35.5. The molecule has 2 aromatic carbocycles. The average Bonchev–Trinajstić information content (AvgIpc) is 2.38. The quantitative estimate of drug-likeness (QED) is 0.613. The normalized spacial score (nSPS) is 10.8. The topological polar surface area (TPSA) is 30.2 Å². The molecule has 0 aliphatic carbocycles. The van der Waals surface area contributed by atoms with Crippen molar-refractivity contribution in [2.45, 2.75) is 6.92 Å². The number of aryl methyl sites for hydroxylation is 1. The third kappa shape index (κ3) is 2.27. The van der Waals surface area contributed by atoms with Crippen molar-refractivity contribution in [3.8, 4) is 11.1 Å². The fourth-order valence-electron chi connectivity index (χ4n) is 2.11. The molecule has 0 radical (unpaired) electrons. The lowest BCUT2D eigenvalue weighted by atomic mass is 10.0. The minimum Gasteiger partial charge on any atom is -0.423 e. The van der Waals surface area contributed by atoms with Gasteiger partial charge in [-0.1, -0.05) is 41.4 Å². The summed E-state index contributed by atoms with van der Waals surface area (Å²) < 4.78 is 5.19. The number of benzene rings is 2. The van der Waals surface area contributed by atoms with E-state index in [1.165, 1.54) is 11.6 Å². The van der Waals surface area contributed by atoms with Crippen molar-refractivity contribution in [1.29, 1.82) is 0 Å². The van der Waals surface area contributed by atoms with Gasteiger partial charge in [0.05, 0.1) is 0 Å². The smallest absolute Gasteiger partial charge is 0.336 e. The first-order chi connectivity index (χ1) is 9.13. The summed E-state index contributed by atoms with van der Waals surface area (Å²) >= 11 is 5.93. The van der Waals surface area contributed by atoms with Crippen LogP contribution < -0.4 is 5.63 Å². The molecule has 0 atom stereocenters. The Morgan fingerprint density at radius 1 is 1.00 bits per heavy atom. The van der Waals surface area contributed by atoms with Gasteiger partial charge in [-0.05, 0) is 30.2 Å². The third-order valence-electron chi connectivity index (χ3n) is 3.07. The molecule has 3 rings (SSSR count). The average molecular weight is 271 g/mol. The molecule has 0 N–H and O–H groups in total. The summed E-state index contributed by atoms with van der Waals surface area (Å²) in [6.07, 6.45) is 0. The zero-order chi connectivity index (χ0) is 13.4. The summed E-state index contributed by atoms with van der Waals surface area (Å²) in [5.74, 6) is 0. The zero-order valence-electron chi connectivity index (χ0n) is 10.3. The van der Waals surface area contributed by atoms with Gasteiger partial charge in [0, 0.05) is 22.5 Å². The summed E-state index contributed by atoms with van der Waals surface area (Å²) in [4.78, 5) is 11.6. The summed E-state index contributed by atoms with van der Waals surface area (Å²) in [5.41, 5.74) is 3.17. The van der Waals surface area contributed by atoms with Crippen LogP contribution in [0.25, 0.3) is 22.1 Å². The standard InChI is InChI=1S/C16H11ClO2/c1-10-2-4-11(5-3-10)14-9-16(18)19-15-8-12(17)6-7-13(14)15/h2-9H,1H3. The molecular weight excluding hydrogens is 260 g/mol. The number of hydrogen-bond donors (Lipinski definition) is 0. The second kappa shape index (κ2) is 4.56. The highest BCUT2D eigenvalue weighted by Gasteiger charge is 2.08. The first kappa shape index (κ1) is 12.0. The summed E-state index contributed by atoms with van der Waals surface area (Å²) in [6.45, 7) is 2.03. The second-order valence-electron chi connectivity index (χ2n) is 4.49. The van der Waals surface area contributed by atoms with Crippen LogP contribution in [0.3, 0.4) is 0 Å². The largest absolute Gasteiger partial charge is 0.423 e. The summed E-state index contributed by atoms with van der Waals surface area (Å²) in [5, 5.41) is 1.43. The van der Waals surface area contributed by atoms with Gasteiger partial charge in [0.25, 0.3) is 0 Å². The highest BCUT2D eigenvalue weighted by molar-refractivity contribution is 6.31. The minimum absolute atomic E-state index is 0.370. The Morgan fingerprint density at radius 3 is 2.47 bits per heavy atom. The van der Waals surface area contributed by atoms with Gasteiger partial charge in [-0.2, -0.15) is 0 Å². The van der Waals surface area contributed by atoms with Gasteiger partial charge in [-0.15, -0.1) is 0 Å². The van der Waals surface area contributed by atoms with Gasteiger partial charge in [-0.25, -0.2) is 4.79 Å². The molecule has 0 saturated heterocycles. The molecule has 0 amide bonds. The van der Waals surface area contributed by atoms with Gasteiger partial charge in [0.1, 0.15) is 5.58 Å². The van der Waals surface area contributed by atoms with E-state index in [0.717, 1.165) is 16.5 Å². The SMILES string of the molecule is Cc1ccc(-c2cc(=O)oc3cc(Cl)ccc23)cc1. The van der Waals surface area contributed by atoms with Crippen LogP contribution in [0.4, 0.5) is 0 Å². The molecule has 0 fully saturated rings. The van der Waals surface area contributed by atoms with Gasteiger partial charge in [0.15, 0.2) is 0 Å². The van der Waals surface area contributed by atoms with E-state index >= 15 is 0 Å². The molecule has 3 aromatic rings. The van der Waals surface area contributed by atoms with Crippen LogP contribution in [0, 0.1) is 6.92 Å². The van der Waals surface area contributed by atoms with E-state index in [4.69, 9.17) is 16.0 Å². The maximum Gasteiger partial charge on any atom is 0.336 e. The second-order valence-corrected chi connectivity index (χ2v) is 4.92. The number of hydrogen-bond acceptors (Lipinski definition) is 2. The fraction of sp³-hybridized carbons (Fsp3) is 0.0625. The molecule has 0 aliphatic rings. The lowest BCUT2D eigenvalue weighted by Gasteiger charge is -2.06. The molecule has 3 heteroatoms. The van der Waals surface area contributed by atoms with Crippen LogP contribution in [-0.2, 0) is 0 Å². The Hall–Kier alpha value is -2.06. The first-order valence-corrected chi connectivity index (χ1v) is 6.32. The minimum atomic E-state index is -0.370. The van der Waals surface area contributed by atoms with E-state index in [1.807, 2.05) is 37.3 Å². The van der Waals surface area contributed by atoms with E-state index in [2.05, 4.69) is 0 Å². The van der Waals surface area contributed by atoms with Crippen molar-refractivity contribution in [1.82, 2.24) is 0 Å². The van der Waals surface area contributed by atoms with Crippen molar-refractivity contribution in [2.75, 3.05) is 0 Å². The third-order valence-corrected chi connectivity index (χ3v) is 3.30. The Morgan fingerprint density at radius 2 is 1.74 bits per heavy atom. The Balaban J connectivity index is 2.34. The highest BCUT2D eigenvalue weighted by Crippen LogP contribution is 2.29. The lowest BCUT2D eigenvalue weighted by Crippen LogP contribution is -1.98. The molecule has 0 saturated carbocycles. The Bertz CT molecular complexity index is 801. The van der Waals surface area contributed by atoms with Crippen molar-refractivity contribution in [3.63, 3.8) is 0 Å².